The topological polar surface area (TPSA) is 45.2 Å². The largest absolute Gasteiger partial charge is 0.350 e. The van der Waals surface area contributed by atoms with Crippen LogP contribution >= 0.6 is 11.3 Å². The van der Waals surface area contributed by atoms with Crippen molar-refractivity contribution < 1.29 is 4.79 Å². The van der Waals surface area contributed by atoms with E-state index in [0.717, 1.165) is 18.8 Å². The Morgan fingerprint density at radius 2 is 2.18 bits per heavy atom. The maximum atomic E-state index is 12.3. The molecule has 1 atom stereocenters. The summed E-state index contributed by atoms with van der Waals surface area (Å²) in [7, 11) is 0. The van der Waals surface area contributed by atoms with Crippen molar-refractivity contribution >= 4 is 17.2 Å². The normalized spacial score (nSPS) is 16.6. The van der Waals surface area contributed by atoms with Crippen LogP contribution in [0.2, 0.25) is 0 Å². The van der Waals surface area contributed by atoms with Crippen molar-refractivity contribution in [3.05, 3.63) is 52.0 Å². The van der Waals surface area contributed by atoms with Crippen molar-refractivity contribution in [1.82, 2.24) is 15.2 Å². The first-order valence-electron chi connectivity index (χ1n) is 7.72. The molecule has 1 fully saturated rings. The van der Waals surface area contributed by atoms with E-state index in [1.165, 1.54) is 17.7 Å². The van der Waals surface area contributed by atoms with Crippen LogP contribution in [0.5, 0.6) is 0 Å². The van der Waals surface area contributed by atoms with Crippen LogP contribution in [0.4, 0.5) is 0 Å². The Morgan fingerprint density at radius 3 is 2.82 bits per heavy atom. The molecule has 3 rings (SSSR count). The van der Waals surface area contributed by atoms with Crippen molar-refractivity contribution in [3.63, 3.8) is 0 Å². The van der Waals surface area contributed by atoms with Gasteiger partial charge in [-0.1, -0.05) is 6.07 Å². The van der Waals surface area contributed by atoms with E-state index < -0.39 is 0 Å². The molecular weight excluding hydrogens is 294 g/mol. The molecule has 1 unspecified atom stereocenters. The minimum atomic E-state index is -0.0479. The predicted molar refractivity (Wildman–Crippen MR) is 89.2 cm³/mol. The van der Waals surface area contributed by atoms with Crippen LogP contribution in [0.3, 0.4) is 0 Å². The Balaban J connectivity index is 1.66. The summed E-state index contributed by atoms with van der Waals surface area (Å²) in [6.45, 7) is 4.80. The van der Waals surface area contributed by atoms with Gasteiger partial charge in [0.15, 0.2) is 0 Å². The number of likely N-dealkylation sites (tertiary alicyclic amines) is 1. The maximum Gasteiger partial charge on any atom is 0.252 e. The van der Waals surface area contributed by atoms with Gasteiger partial charge in [0.1, 0.15) is 0 Å². The van der Waals surface area contributed by atoms with E-state index in [2.05, 4.69) is 32.7 Å². The lowest BCUT2D eigenvalue weighted by atomic mass is 10.2. The van der Waals surface area contributed by atoms with Crippen LogP contribution in [0, 0.1) is 6.92 Å². The number of pyridine rings is 1. The number of aryl methyl sites for hydroxylation is 1. The van der Waals surface area contributed by atoms with Crippen LogP contribution in [-0.2, 0) is 0 Å². The number of carbonyl (C=O) groups excluding carboxylic acids is 1. The average Bonchev–Trinajstić information content (AvgIpc) is 3.22. The summed E-state index contributed by atoms with van der Waals surface area (Å²) < 4.78 is 0. The summed E-state index contributed by atoms with van der Waals surface area (Å²) in [6, 6.07) is 8.21. The van der Waals surface area contributed by atoms with Gasteiger partial charge in [0.25, 0.3) is 5.91 Å². The van der Waals surface area contributed by atoms with Crippen LogP contribution in [0.25, 0.3) is 0 Å². The predicted octanol–water partition coefficient (Wildman–Crippen LogP) is 3.02. The van der Waals surface area contributed by atoms with Crippen molar-refractivity contribution in [3.8, 4) is 0 Å². The highest BCUT2D eigenvalue weighted by molar-refractivity contribution is 7.10. The summed E-state index contributed by atoms with van der Waals surface area (Å²) in [4.78, 5) is 20.3. The van der Waals surface area contributed by atoms with Crippen molar-refractivity contribution in [1.29, 1.82) is 0 Å². The summed E-state index contributed by atoms with van der Waals surface area (Å²) in [5.74, 6) is -0.0479. The van der Waals surface area contributed by atoms with E-state index in [4.69, 9.17) is 0 Å². The Kier molecular flexibility index (Phi) is 4.85. The second-order valence-corrected chi connectivity index (χ2v) is 6.65. The first-order valence-corrected chi connectivity index (χ1v) is 8.60. The average molecular weight is 315 g/mol. The lowest BCUT2D eigenvalue weighted by molar-refractivity contribution is 0.0938. The first kappa shape index (κ1) is 15.2. The monoisotopic (exact) mass is 315 g/mol. The van der Waals surface area contributed by atoms with Gasteiger partial charge in [-0.05, 0) is 56.4 Å². The minimum absolute atomic E-state index is 0.0479. The van der Waals surface area contributed by atoms with E-state index in [0.29, 0.717) is 12.1 Å². The summed E-state index contributed by atoms with van der Waals surface area (Å²) in [5, 5.41) is 5.17. The van der Waals surface area contributed by atoms with Crippen molar-refractivity contribution in [2.24, 2.45) is 0 Å². The second-order valence-electron chi connectivity index (χ2n) is 5.67. The van der Waals surface area contributed by atoms with E-state index in [-0.39, 0.29) is 11.9 Å². The molecule has 116 valence electrons. The maximum absolute atomic E-state index is 12.3. The van der Waals surface area contributed by atoms with Gasteiger partial charge in [-0.15, -0.1) is 11.3 Å². The SMILES string of the molecule is Cc1ccc(C(=O)NCC(c2cccs2)N2CCCC2)cn1. The van der Waals surface area contributed by atoms with Gasteiger partial charge in [-0.2, -0.15) is 0 Å². The van der Waals surface area contributed by atoms with Crippen LogP contribution < -0.4 is 5.32 Å². The Labute approximate surface area is 135 Å². The number of thiophene rings is 1. The number of nitrogens with one attached hydrogen (secondary N) is 1. The zero-order valence-corrected chi connectivity index (χ0v) is 13.6. The fraction of sp³-hybridized carbons (Fsp3) is 0.412. The Hall–Kier alpha value is -1.72. The van der Waals surface area contributed by atoms with Gasteiger partial charge in [0, 0.05) is 23.3 Å². The first-order chi connectivity index (χ1) is 10.7. The van der Waals surface area contributed by atoms with Gasteiger partial charge >= 0.3 is 0 Å². The zero-order chi connectivity index (χ0) is 15.4. The highest BCUT2D eigenvalue weighted by atomic mass is 32.1. The minimum Gasteiger partial charge on any atom is -0.350 e. The van der Waals surface area contributed by atoms with Crippen LogP contribution in [0.15, 0.2) is 35.8 Å². The van der Waals surface area contributed by atoms with Gasteiger partial charge < -0.3 is 5.32 Å². The molecular formula is C17H21N3OS. The van der Waals surface area contributed by atoms with Crippen molar-refractivity contribution in [2.45, 2.75) is 25.8 Å². The molecule has 3 heterocycles. The molecule has 1 aliphatic heterocycles. The zero-order valence-electron chi connectivity index (χ0n) is 12.8. The molecule has 22 heavy (non-hydrogen) atoms. The van der Waals surface area contributed by atoms with Gasteiger partial charge in [0.2, 0.25) is 0 Å². The fourth-order valence-corrected chi connectivity index (χ4v) is 3.70. The van der Waals surface area contributed by atoms with E-state index in [1.807, 2.05) is 19.1 Å². The highest BCUT2D eigenvalue weighted by Gasteiger charge is 2.24. The quantitative estimate of drug-likeness (QED) is 0.922. The number of hydrogen-bond acceptors (Lipinski definition) is 4. The molecule has 1 saturated heterocycles. The molecule has 0 radical (unpaired) electrons. The standard InChI is InChI=1S/C17H21N3OS/c1-13-6-7-14(11-18-13)17(21)19-12-15(16-5-4-10-22-16)20-8-2-3-9-20/h4-7,10-11,15H,2-3,8-9,12H2,1H3,(H,19,21). The number of aromatic nitrogens is 1. The van der Waals surface area contributed by atoms with E-state index in [1.54, 1.807) is 17.5 Å². The molecule has 1 N–H and O–H groups in total. The Morgan fingerprint density at radius 1 is 1.36 bits per heavy atom. The smallest absolute Gasteiger partial charge is 0.252 e. The summed E-state index contributed by atoms with van der Waals surface area (Å²) >= 11 is 1.76. The molecule has 2 aromatic rings. The molecule has 5 heteroatoms. The lowest BCUT2D eigenvalue weighted by Gasteiger charge is -2.26. The van der Waals surface area contributed by atoms with Crippen LogP contribution in [-0.4, -0.2) is 35.4 Å². The lowest BCUT2D eigenvalue weighted by Crippen LogP contribution is -2.36. The summed E-state index contributed by atoms with van der Waals surface area (Å²) in [5.41, 5.74) is 1.54. The highest BCUT2D eigenvalue weighted by Crippen LogP contribution is 2.27. The molecule has 1 amide bonds. The molecule has 0 aromatic carbocycles. The van der Waals surface area contributed by atoms with E-state index in [9.17, 15) is 4.79 Å². The molecule has 0 spiro atoms. The number of carbonyl (C=O) groups is 1. The fourth-order valence-electron chi connectivity index (χ4n) is 2.84. The Bertz CT molecular complexity index is 603. The molecule has 1 aliphatic rings. The van der Waals surface area contributed by atoms with Crippen LogP contribution in [0.1, 0.15) is 39.8 Å². The molecule has 4 nitrogen and oxygen atoms in total. The second kappa shape index (κ2) is 7.03. The number of hydrogen-bond donors (Lipinski definition) is 1. The third-order valence-electron chi connectivity index (χ3n) is 4.08. The number of rotatable bonds is 5. The number of nitrogens with zero attached hydrogens (tertiary/aromatic N) is 2. The molecule has 0 bridgehead atoms. The van der Waals surface area contributed by atoms with Gasteiger partial charge in [0.05, 0.1) is 11.6 Å². The van der Waals surface area contributed by atoms with E-state index >= 15 is 0 Å². The third kappa shape index (κ3) is 3.54. The molecule has 2 aromatic heterocycles. The van der Waals surface area contributed by atoms with Gasteiger partial charge in [-0.25, -0.2) is 0 Å². The van der Waals surface area contributed by atoms with Crippen molar-refractivity contribution in [2.75, 3.05) is 19.6 Å². The third-order valence-corrected chi connectivity index (χ3v) is 5.06. The number of amides is 1. The molecule has 0 aliphatic carbocycles. The molecule has 0 saturated carbocycles. The van der Waals surface area contributed by atoms with Gasteiger partial charge in [-0.3, -0.25) is 14.7 Å². The summed E-state index contributed by atoms with van der Waals surface area (Å²) in [6.07, 6.45) is 4.13.